The van der Waals surface area contributed by atoms with Gasteiger partial charge in [0, 0.05) is 5.02 Å². The molecule has 238 valence electrons. The lowest BCUT2D eigenvalue weighted by molar-refractivity contribution is 0.633. The van der Waals surface area contributed by atoms with Crippen molar-refractivity contribution in [2.75, 3.05) is 0 Å². The third kappa shape index (κ3) is 3.60. The number of benzene rings is 8. The predicted molar refractivity (Wildman–Crippen MR) is 210 cm³/mol. The lowest BCUT2D eigenvalue weighted by atomic mass is 9.52. The normalized spacial score (nSPS) is 16.6. The zero-order chi connectivity index (χ0) is 33.7. The fourth-order valence-electron chi connectivity index (χ4n) is 9.96. The zero-order valence-electron chi connectivity index (χ0n) is 27.8. The number of hydrogen-bond donors (Lipinski definition) is 0. The van der Waals surface area contributed by atoms with Gasteiger partial charge in [-0.1, -0.05) is 181 Å². The van der Waals surface area contributed by atoms with E-state index in [9.17, 15) is 0 Å². The Balaban J connectivity index is 1.38. The minimum Gasteiger partial charge on any atom is -0.0840 e. The van der Waals surface area contributed by atoms with Gasteiger partial charge in [0.25, 0.3) is 0 Å². The topological polar surface area (TPSA) is 0 Å². The van der Waals surface area contributed by atoms with Crippen molar-refractivity contribution in [1.82, 2.24) is 0 Å². The molecule has 0 aliphatic heterocycles. The molecule has 0 saturated heterocycles. The summed E-state index contributed by atoms with van der Waals surface area (Å²) >= 11 is 7.51. The van der Waals surface area contributed by atoms with Crippen LogP contribution in [0.3, 0.4) is 0 Å². The number of fused-ring (bicyclic) bond motifs is 16. The van der Waals surface area contributed by atoms with Crippen molar-refractivity contribution in [3.63, 3.8) is 0 Å². The Morgan fingerprint density at radius 1 is 0.275 bits per heavy atom. The molecule has 0 fully saturated rings. The second-order valence-electron chi connectivity index (χ2n) is 14.1. The van der Waals surface area contributed by atoms with Gasteiger partial charge in [0.05, 0.1) is 10.8 Å². The monoisotopic (exact) mass is 666 g/mol. The van der Waals surface area contributed by atoms with Crippen LogP contribution in [0.2, 0.25) is 5.02 Å². The molecule has 3 aliphatic carbocycles. The summed E-state index contributed by atoms with van der Waals surface area (Å²) in [5.74, 6) is 0. The maximum Gasteiger partial charge on any atom is 0.0734 e. The van der Waals surface area contributed by atoms with Crippen LogP contribution < -0.4 is 0 Å². The summed E-state index contributed by atoms with van der Waals surface area (Å²) in [6, 6.07) is 69.7. The SMILES string of the molecule is Clc1cccc2c1C1(c3ccccc3-2)c2ccc(-c3ccccc3)cc2C2(c3ccccc3-c3ccccc32)c2ccc(-c3ccccc3)cc21. The third-order valence-electron chi connectivity index (χ3n) is 11.8. The van der Waals surface area contributed by atoms with Crippen molar-refractivity contribution in [3.05, 3.63) is 238 Å². The van der Waals surface area contributed by atoms with Gasteiger partial charge in [-0.05, 0) is 107 Å². The Morgan fingerprint density at radius 2 is 0.686 bits per heavy atom. The van der Waals surface area contributed by atoms with E-state index in [-0.39, 0.29) is 0 Å². The molecule has 3 aliphatic rings. The van der Waals surface area contributed by atoms with Gasteiger partial charge in [-0.25, -0.2) is 0 Å². The van der Waals surface area contributed by atoms with Crippen molar-refractivity contribution < 1.29 is 0 Å². The molecule has 11 rings (SSSR count). The molecule has 1 unspecified atom stereocenters. The van der Waals surface area contributed by atoms with Gasteiger partial charge in [-0.15, -0.1) is 0 Å². The van der Waals surface area contributed by atoms with Gasteiger partial charge < -0.3 is 0 Å². The molecule has 0 bridgehead atoms. The predicted octanol–water partition coefficient (Wildman–Crippen LogP) is 12.7. The molecule has 1 atom stereocenters. The highest BCUT2D eigenvalue weighted by atomic mass is 35.5. The van der Waals surface area contributed by atoms with Crippen LogP contribution in [0.25, 0.3) is 44.5 Å². The molecular formula is C50H31Cl. The molecule has 8 aromatic carbocycles. The quantitative estimate of drug-likeness (QED) is 0.172. The molecule has 0 saturated carbocycles. The average molecular weight is 667 g/mol. The molecule has 51 heavy (non-hydrogen) atoms. The van der Waals surface area contributed by atoms with Crippen LogP contribution in [0.4, 0.5) is 0 Å². The van der Waals surface area contributed by atoms with E-state index in [1.165, 1.54) is 89.0 Å². The van der Waals surface area contributed by atoms with Crippen LogP contribution >= 0.6 is 11.6 Å². The highest BCUT2D eigenvalue weighted by molar-refractivity contribution is 6.32. The highest BCUT2D eigenvalue weighted by Crippen LogP contribution is 2.68. The summed E-state index contributed by atoms with van der Waals surface area (Å²) in [6.07, 6.45) is 0. The van der Waals surface area contributed by atoms with Crippen LogP contribution in [0, 0.1) is 0 Å². The number of rotatable bonds is 2. The maximum atomic E-state index is 7.51. The van der Waals surface area contributed by atoms with E-state index in [4.69, 9.17) is 11.6 Å². The Bertz CT molecular complexity index is 2660. The standard InChI is InChI=1S/C50H31Cl/c51-47-25-13-21-39-38-20-9-12-24-42(38)50(48(39)47)44-29-27-34(32-14-3-1-4-15-32)30-45(44)49(40-22-10-7-18-36(40)37-19-8-11-23-41(37)49)43-28-26-35(31-46(43)50)33-16-5-2-6-17-33/h1-31H. The van der Waals surface area contributed by atoms with Gasteiger partial charge in [-0.2, -0.15) is 0 Å². The van der Waals surface area contributed by atoms with Gasteiger partial charge in [0.2, 0.25) is 0 Å². The van der Waals surface area contributed by atoms with Crippen LogP contribution in [-0.4, -0.2) is 0 Å². The van der Waals surface area contributed by atoms with E-state index in [0.717, 1.165) is 5.02 Å². The second-order valence-corrected chi connectivity index (χ2v) is 14.5. The molecule has 0 nitrogen and oxygen atoms in total. The van der Waals surface area contributed by atoms with Crippen LogP contribution in [0.1, 0.15) is 44.5 Å². The van der Waals surface area contributed by atoms with E-state index < -0.39 is 10.8 Å². The van der Waals surface area contributed by atoms with Crippen molar-refractivity contribution in [2.24, 2.45) is 0 Å². The molecule has 0 heterocycles. The average Bonchev–Trinajstić information content (AvgIpc) is 3.67. The molecule has 0 N–H and O–H groups in total. The molecule has 2 spiro atoms. The Hall–Kier alpha value is -5.95. The minimum atomic E-state index is -0.646. The maximum absolute atomic E-state index is 7.51. The van der Waals surface area contributed by atoms with E-state index in [0.29, 0.717) is 0 Å². The lowest BCUT2D eigenvalue weighted by Crippen LogP contribution is -2.44. The summed E-state index contributed by atoms with van der Waals surface area (Å²) in [5.41, 5.74) is 18.9. The van der Waals surface area contributed by atoms with Gasteiger partial charge in [-0.3, -0.25) is 0 Å². The van der Waals surface area contributed by atoms with Crippen LogP contribution in [0.5, 0.6) is 0 Å². The van der Waals surface area contributed by atoms with Crippen LogP contribution in [-0.2, 0) is 10.8 Å². The van der Waals surface area contributed by atoms with E-state index in [1.54, 1.807) is 0 Å². The van der Waals surface area contributed by atoms with Gasteiger partial charge >= 0.3 is 0 Å². The first-order chi connectivity index (χ1) is 25.2. The first kappa shape index (κ1) is 28.8. The van der Waals surface area contributed by atoms with Crippen molar-refractivity contribution in [2.45, 2.75) is 10.8 Å². The number of hydrogen-bond acceptors (Lipinski definition) is 0. The van der Waals surface area contributed by atoms with E-state index >= 15 is 0 Å². The minimum absolute atomic E-state index is 0.554. The summed E-state index contributed by atoms with van der Waals surface area (Å²) in [6.45, 7) is 0. The molecule has 8 aromatic rings. The lowest BCUT2D eigenvalue weighted by Gasteiger charge is -2.49. The molecular weight excluding hydrogens is 636 g/mol. The highest BCUT2D eigenvalue weighted by Gasteiger charge is 2.59. The molecule has 0 amide bonds. The summed E-state index contributed by atoms with van der Waals surface area (Å²) in [4.78, 5) is 0. The first-order valence-corrected chi connectivity index (χ1v) is 18.1. The van der Waals surface area contributed by atoms with Crippen molar-refractivity contribution >= 4 is 11.6 Å². The van der Waals surface area contributed by atoms with Gasteiger partial charge in [0.15, 0.2) is 0 Å². The summed E-state index contributed by atoms with van der Waals surface area (Å²) < 4.78 is 0. The smallest absolute Gasteiger partial charge is 0.0734 e. The van der Waals surface area contributed by atoms with E-state index in [1.807, 2.05) is 0 Å². The fourth-order valence-corrected chi connectivity index (χ4v) is 10.3. The Kier molecular flexibility index (Phi) is 5.96. The molecule has 0 radical (unpaired) electrons. The van der Waals surface area contributed by atoms with Crippen molar-refractivity contribution in [3.8, 4) is 44.5 Å². The third-order valence-corrected chi connectivity index (χ3v) is 12.1. The Labute approximate surface area is 303 Å². The van der Waals surface area contributed by atoms with E-state index in [2.05, 4.69) is 188 Å². The zero-order valence-corrected chi connectivity index (χ0v) is 28.5. The number of halogens is 1. The Morgan fingerprint density at radius 3 is 1.24 bits per heavy atom. The largest absolute Gasteiger partial charge is 0.0840 e. The summed E-state index contributed by atoms with van der Waals surface area (Å²) in [7, 11) is 0. The van der Waals surface area contributed by atoms with Gasteiger partial charge in [0.1, 0.15) is 0 Å². The van der Waals surface area contributed by atoms with Crippen molar-refractivity contribution in [1.29, 1.82) is 0 Å². The molecule has 1 heteroatoms. The van der Waals surface area contributed by atoms with Crippen LogP contribution in [0.15, 0.2) is 188 Å². The second kappa shape index (κ2) is 10.5. The summed E-state index contributed by atoms with van der Waals surface area (Å²) in [5, 5.41) is 0.793. The fraction of sp³-hybridized carbons (Fsp3) is 0.0400. The first-order valence-electron chi connectivity index (χ1n) is 17.7. The molecule has 0 aromatic heterocycles.